The molecule has 20 heavy (non-hydrogen) atoms. The molecule has 6 nitrogen and oxygen atoms in total. The third kappa shape index (κ3) is 4.65. The Bertz CT molecular complexity index is 568. The first-order valence-corrected chi connectivity index (χ1v) is 7.65. The van der Waals surface area contributed by atoms with Gasteiger partial charge in [0, 0.05) is 6.92 Å². The number of rotatable bonds is 6. The van der Waals surface area contributed by atoms with Gasteiger partial charge in [-0.05, 0) is 18.6 Å². The first kappa shape index (κ1) is 16.2. The van der Waals surface area contributed by atoms with Gasteiger partial charge in [-0.25, -0.2) is 13.2 Å². The van der Waals surface area contributed by atoms with Crippen LogP contribution in [-0.4, -0.2) is 39.2 Å². The van der Waals surface area contributed by atoms with E-state index in [1.807, 2.05) is 0 Å². The smallest absolute Gasteiger partial charge is 0.328 e. The SMILES string of the molecule is COC(=O)[C@H](CCS(=O)(=O)c1ccccc1)NC(C)=O. The Morgan fingerprint density at radius 2 is 1.85 bits per heavy atom. The third-order valence-electron chi connectivity index (χ3n) is 2.64. The second-order valence-electron chi connectivity index (χ2n) is 4.20. The highest BCUT2D eigenvalue weighted by Crippen LogP contribution is 2.12. The molecule has 1 atom stereocenters. The highest BCUT2D eigenvalue weighted by Gasteiger charge is 2.24. The van der Waals surface area contributed by atoms with Crippen LogP contribution in [-0.2, 0) is 24.2 Å². The molecule has 0 aliphatic carbocycles. The van der Waals surface area contributed by atoms with Crippen LogP contribution in [0.5, 0.6) is 0 Å². The molecule has 0 spiro atoms. The van der Waals surface area contributed by atoms with Crippen LogP contribution in [0.15, 0.2) is 35.2 Å². The van der Waals surface area contributed by atoms with Crippen LogP contribution in [0, 0.1) is 0 Å². The minimum atomic E-state index is -3.49. The van der Waals surface area contributed by atoms with Crippen LogP contribution in [0.2, 0.25) is 0 Å². The zero-order valence-electron chi connectivity index (χ0n) is 11.3. The molecule has 7 heteroatoms. The topological polar surface area (TPSA) is 89.5 Å². The molecule has 1 aromatic carbocycles. The Balaban J connectivity index is 2.76. The molecule has 0 fully saturated rings. The molecule has 0 saturated heterocycles. The van der Waals surface area contributed by atoms with E-state index in [2.05, 4.69) is 10.1 Å². The Labute approximate surface area is 118 Å². The van der Waals surface area contributed by atoms with Gasteiger partial charge >= 0.3 is 5.97 Å². The quantitative estimate of drug-likeness (QED) is 0.774. The lowest BCUT2D eigenvalue weighted by Crippen LogP contribution is -2.41. The highest BCUT2D eigenvalue weighted by molar-refractivity contribution is 7.91. The minimum absolute atomic E-state index is 0.0382. The summed E-state index contributed by atoms with van der Waals surface area (Å²) >= 11 is 0. The summed E-state index contributed by atoms with van der Waals surface area (Å²) in [6, 6.07) is 6.97. The van der Waals surface area contributed by atoms with Crippen LogP contribution in [0.25, 0.3) is 0 Å². The monoisotopic (exact) mass is 299 g/mol. The van der Waals surface area contributed by atoms with Crippen LogP contribution >= 0.6 is 0 Å². The maximum Gasteiger partial charge on any atom is 0.328 e. The summed E-state index contributed by atoms with van der Waals surface area (Å²) in [6.45, 7) is 1.25. The summed E-state index contributed by atoms with van der Waals surface area (Å²) in [5, 5.41) is 2.38. The summed E-state index contributed by atoms with van der Waals surface area (Å²) in [5.74, 6) is -1.34. The van der Waals surface area contributed by atoms with Gasteiger partial charge in [0.2, 0.25) is 5.91 Å². The van der Waals surface area contributed by atoms with Crippen molar-refractivity contribution in [1.82, 2.24) is 5.32 Å². The second-order valence-corrected chi connectivity index (χ2v) is 6.31. The van der Waals surface area contributed by atoms with Crippen molar-refractivity contribution in [3.05, 3.63) is 30.3 Å². The van der Waals surface area contributed by atoms with Crippen molar-refractivity contribution in [2.24, 2.45) is 0 Å². The summed E-state index contributed by atoms with van der Waals surface area (Å²) in [4.78, 5) is 22.7. The van der Waals surface area contributed by atoms with Crippen molar-refractivity contribution in [1.29, 1.82) is 0 Å². The molecule has 0 radical (unpaired) electrons. The molecule has 0 bridgehead atoms. The van der Waals surface area contributed by atoms with Gasteiger partial charge in [-0.15, -0.1) is 0 Å². The molecular weight excluding hydrogens is 282 g/mol. The highest BCUT2D eigenvalue weighted by atomic mass is 32.2. The second kappa shape index (κ2) is 7.04. The molecule has 1 amide bonds. The van der Waals surface area contributed by atoms with Crippen LogP contribution in [0.1, 0.15) is 13.3 Å². The van der Waals surface area contributed by atoms with E-state index in [1.165, 1.54) is 26.2 Å². The van der Waals surface area contributed by atoms with Crippen molar-refractivity contribution in [3.63, 3.8) is 0 Å². The average molecular weight is 299 g/mol. The molecule has 0 unspecified atom stereocenters. The number of carbonyl (C=O) groups excluding carboxylic acids is 2. The van der Waals surface area contributed by atoms with Gasteiger partial charge in [-0.2, -0.15) is 0 Å². The number of hydrogen-bond acceptors (Lipinski definition) is 5. The summed E-state index contributed by atoms with van der Waals surface area (Å²) < 4.78 is 28.7. The molecule has 0 aromatic heterocycles. The fourth-order valence-electron chi connectivity index (χ4n) is 1.66. The number of ether oxygens (including phenoxy) is 1. The number of benzene rings is 1. The normalized spacial score (nSPS) is 12.5. The third-order valence-corrected chi connectivity index (χ3v) is 4.40. The average Bonchev–Trinajstić information content (AvgIpc) is 2.43. The molecule has 0 saturated carbocycles. The van der Waals surface area contributed by atoms with E-state index in [-0.39, 0.29) is 17.1 Å². The Hall–Kier alpha value is -1.89. The predicted molar refractivity (Wildman–Crippen MR) is 72.7 cm³/mol. The number of nitrogens with one attached hydrogen (secondary N) is 1. The van der Waals surface area contributed by atoms with E-state index < -0.39 is 27.8 Å². The Kier molecular flexibility index (Phi) is 5.69. The predicted octanol–water partition coefficient (Wildman–Crippen LogP) is 0.528. The number of methoxy groups -OCH3 is 1. The van der Waals surface area contributed by atoms with E-state index in [1.54, 1.807) is 18.2 Å². The zero-order valence-corrected chi connectivity index (χ0v) is 12.1. The molecule has 0 heterocycles. The molecule has 110 valence electrons. The van der Waals surface area contributed by atoms with Crippen molar-refractivity contribution >= 4 is 21.7 Å². The van der Waals surface area contributed by atoms with Gasteiger partial charge in [0.25, 0.3) is 0 Å². The van der Waals surface area contributed by atoms with Crippen molar-refractivity contribution in [3.8, 4) is 0 Å². The van der Waals surface area contributed by atoms with Gasteiger partial charge in [-0.1, -0.05) is 18.2 Å². The lowest BCUT2D eigenvalue weighted by atomic mass is 10.2. The van der Waals surface area contributed by atoms with E-state index in [4.69, 9.17) is 0 Å². The first-order valence-electron chi connectivity index (χ1n) is 5.99. The van der Waals surface area contributed by atoms with Crippen molar-refractivity contribution < 1.29 is 22.7 Å². The molecule has 1 rings (SSSR count). The molecule has 0 aliphatic rings. The van der Waals surface area contributed by atoms with Gasteiger partial charge in [0.1, 0.15) is 6.04 Å². The van der Waals surface area contributed by atoms with Gasteiger partial charge in [-0.3, -0.25) is 4.79 Å². The fraction of sp³-hybridized carbons (Fsp3) is 0.385. The maximum atomic E-state index is 12.1. The summed E-state index contributed by atoms with van der Waals surface area (Å²) in [5.41, 5.74) is 0. The first-order chi connectivity index (χ1) is 9.36. The number of amides is 1. The largest absolute Gasteiger partial charge is 0.467 e. The lowest BCUT2D eigenvalue weighted by molar-refractivity contribution is -0.144. The lowest BCUT2D eigenvalue weighted by Gasteiger charge is -2.15. The van der Waals surface area contributed by atoms with Gasteiger partial charge < -0.3 is 10.1 Å². The van der Waals surface area contributed by atoms with E-state index in [0.717, 1.165) is 0 Å². The molecular formula is C13H17NO5S. The minimum Gasteiger partial charge on any atom is -0.467 e. The van der Waals surface area contributed by atoms with Crippen molar-refractivity contribution in [2.45, 2.75) is 24.3 Å². The number of esters is 1. The number of hydrogen-bond donors (Lipinski definition) is 1. The van der Waals surface area contributed by atoms with Gasteiger partial charge in [0.05, 0.1) is 17.8 Å². The summed E-state index contributed by atoms with van der Waals surface area (Å²) in [7, 11) is -2.31. The van der Waals surface area contributed by atoms with E-state index in [0.29, 0.717) is 0 Å². The van der Waals surface area contributed by atoms with Gasteiger partial charge in [0.15, 0.2) is 9.84 Å². The summed E-state index contributed by atoms with van der Waals surface area (Å²) in [6.07, 6.45) is -0.0382. The maximum absolute atomic E-state index is 12.1. The van der Waals surface area contributed by atoms with Crippen LogP contribution in [0.3, 0.4) is 0 Å². The Morgan fingerprint density at radius 3 is 2.35 bits per heavy atom. The molecule has 0 aliphatic heterocycles. The molecule has 1 N–H and O–H groups in total. The Morgan fingerprint density at radius 1 is 1.25 bits per heavy atom. The van der Waals surface area contributed by atoms with Crippen LogP contribution in [0.4, 0.5) is 0 Å². The van der Waals surface area contributed by atoms with Crippen molar-refractivity contribution in [2.75, 3.05) is 12.9 Å². The fourth-order valence-corrected chi connectivity index (χ4v) is 3.01. The number of carbonyl (C=O) groups is 2. The molecule has 1 aromatic rings. The number of sulfone groups is 1. The standard InChI is InChI=1S/C13H17NO5S/c1-10(15)14-12(13(16)19-2)8-9-20(17,18)11-6-4-3-5-7-11/h3-7,12H,8-9H2,1-2H3,(H,14,15)/t12-/m0/s1. The van der Waals surface area contributed by atoms with E-state index >= 15 is 0 Å². The zero-order chi connectivity index (χ0) is 15.2. The van der Waals surface area contributed by atoms with E-state index in [9.17, 15) is 18.0 Å². The van der Waals surface area contributed by atoms with Crippen LogP contribution < -0.4 is 5.32 Å².